The van der Waals surface area contributed by atoms with Crippen molar-refractivity contribution >= 4 is 5.97 Å². The topological polar surface area (TPSA) is 49.3 Å². The number of hydrogen-bond donors (Lipinski definition) is 2. The number of benzene rings is 1. The molecule has 0 spiro atoms. The third-order valence-electron chi connectivity index (χ3n) is 2.56. The van der Waals surface area contributed by atoms with Crippen LogP contribution in [0.15, 0.2) is 24.3 Å². The summed E-state index contributed by atoms with van der Waals surface area (Å²) in [7, 11) is 1.68. The maximum Gasteiger partial charge on any atom is 0.303 e. The van der Waals surface area contributed by atoms with Gasteiger partial charge >= 0.3 is 5.97 Å². The van der Waals surface area contributed by atoms with Gasteiger partial charge in [-0.25, -0.2) is 8.78 Å². The first kappa shape index (κ1) is 13.6. The molecule has 1 aromatic rings. The van der Waals surface area contributed by atoms with Crippen LogP contribution in [0.5, 0.6) is 0 Å². The second kappa shape index (κ2) is 6.30. The Hall–Kier alpha value is -1.49. The van der Waals surface area contributed by atoms with Crippen LogP contribution >= 0.6 is 0 Å². The zero-order valence-electron chi connectivity index (χ0n) is 9.49. The molecule has 1 aromatic carbocycles. The maximum absolute atomic E-state index is 12.5. The van der Waals surface area contributed by atoms with Crippen molar-refractivity contribution in [1.82, 2.24) is 5.32 Å². The van der Waals surface area contributed by atoms with Crippen LogP contribution in [0.3, 0.4) is 0 Å². The second-order valence-corrected chi connectivity index (χ2v) is 3.74. The van der Waals surface area contributed by atoms with Crippen LogP contribution in [-0.4, -0.2) is 18.1 Å². The van der Waals surface area contributed by atoms with Crippen molar-refractivity contribution < 1.29 is 18.7 Å². The number of carboxylic acid groups (broad SMARTS) is 1. The molecule has 3 nitrogen and oxygen atoms in total. The summed E-state index contributed by atoms with van der Waals surface area (Å²) in [6.45, 7) is 0. The first-order chi connectivity index (χ1) is 8.04. The lowest BCUT2D eigenvalue weighted by atomic mass is 10.00. The van der Waals surface area contributed by atoms with Crippen molar-refractivity contribution in [3.8, 4) is 0 Å². The number of halogens is 2. The molecule has 0 saturated heterocycles. The minimum absolute atomic E-state index is 0.00438. The Kier molecular flexibility index (Phi) is 5.03. The molecule has 1 rings (SSSR count). The number of aliphatic carboxylic acids is 1. The van der Waals surface area contributed by atoms with Crippen molar-refractivity contribution in [2.45, 2.75) is 25.3 Å². The monoisotopic (exact) mass is 243 g/mol. The van der Waals surface area contributed by atoms with E-state index in [2.05, 4.69) is 5.32 Å². The Morgan fingerprint density at radius 2 is 2.06 bits per heavy atom. The highest BCUT2D eigenvalue weighted by atomic mass is 19.3. The lowest BCUT2D eigenvalue weighted by Gasteiger charge is -2.16. The fraction of sp³-hybridized carbons (Fsp3) is 0.417. The molecule has 0 saturated carbocycles. The summed E-state index contributed by atoms with van der Waals surface area (Å²) in [5.74, 6) is -0.893. The molecule has 0 aliphatic carbocycles. The molecule has 17 heavy (non-hydrogen) atoms. The highest BCUT2D eigenvalue weighted by molar-refractivity contribution is 5.66. The molecule has 5 heteroatoms. The van der Waals surface area contributed by atoms with Crippen molar-refractivity contribution in [3.05, 3.63) is 35.4 Å². The summed E-state index contributed by atoms with van der Waals surface area (Å²) in [6.07, 6.45) is -2.13. The van der Waals surface area contributed by atoms with Gasteiger partial charge in [0.1, 0.15) is 0 Å². The molecule has 0 radical (unpaired) electrons. The van der Waals surface area contributed by atoms with Gasteiger partial charge in [-0.15, -0.1) is 0 Å². The van der Waals surface area contributed by atoms with Crippen molar-refractivity contribution in [1.29, 1.82) is 0 Å². The molecule has 0 fully saturated rings. The molecule has 94 valence electrons. The van der Waals surface area contributed by atoms with Crippen LogP contribution in [0.4, 0.5) is 8.78 Å². The molecular formula is C12H15F2NO2. The smallest absolute Gasteiger partial charge is 0.303 e. The third kappa shape index (κ3) is 4.11. The standard InChI is InChI=1S/C12H15F2NO2/c1-15-10(5-6-11(16)17)8-3-2-4-9(7-8)12(13)14/h2-4,7,10,12,15H,5-6H2,1H3,(H,16,17). The summed E-state index contributed by atoms with van der Waals surface area (Å²) in [4.78, 5) is 10.5. The van der Waals surface area contributed by atoms with E-state index in [9.17, 15) is 13.6 Å². The quantitative estimate of drug-likeness (QED) is 0.807. The normalized spacial score (nSPS) is 12.7. The van der Waals surface area contributed by atoms with E-state index in [1.807, 2.05) is 0 Å². The Morgan fingerprint density at radius 1 is 1.41 bits per heavy atom. The van der Waals surface area contributed by atoms with Crippen molar-refractivity contribution in [2.75, 3.05) is 7.05 Å². The summed E-state index contributed by atoms with van der Waals surface area (Å²) < 4.78 is 25.0. The molecule has 0 aromatic heterocycles. The van der Waals surface area contributed by atoms with Gasteiger partial charge in [0.2, 0.25) is 0 Å². The minimum Gasteiger partial charge on any atom is -0.481 e. The number of rotatable bonds is 6. The van der Waals surface area contributed by atoms with Gasteiger partial charge in [-0.1, -0.05) is 18.2 Å². The van der Waals surface area contributed by atoms with E-state index in [-0.39, 0.29) is 18.0 Å². The molecule has 0 amide bonds. The van der Waals surface area contributed by atoms with Gasteiger partial charge in [0.25, 0.3) is 6.43 Å². The lowest BCUT2D eigenvalue weighted by molar-refractivity contribution is -0.137. The molecule has 1 atom stereocenters. The van der Waals surface area contributed by atoms with Gasteiger partial charge in [-0.2, -0.15) is 0 Å². The number of carboxylic acids is 1. The van der Waals surface area contributed by atoms with E-state index in [1.165, 1.54) is 12.1 Å². The fourth-order valence-corrected chi connectivity index (χ4v) is 1.66. The van der Waals surface area contributed by atoms with Crippen LogP contribution in [-0.2, 0) is 4.79 Å². The van der Waals surface area contributed by atoms with E-state index < -0.39 is 12.4 Å². The lowest BCUT2D eigenvalue weighted by Crippen LogP contribution is -2.17. The molecule has 0 aliphatic rings. The summed E-state index contributed by atoms with van der Waals surface area (Å²) >= 11 is 0. The predicted molar refractivity (Wildman–Crippen MR) is 60.1 cm³/mol. The molecule has 2 N–H and O–H groups in total. The first-order valence-electron chi connectivity index (χ1n) is 5.31. The Morgan fingerprint density at radius 3 is 2.59 bits per heavy atom. The van der Waals surface area contributed by atoms with Gasteiger partial charge in [-0.3, -0.25) is 4.79 Å². The maximum atomic E-state index is 12.5. The number of hydrogen-bond acceptors (Lipinski definition) is 2. The van der Waals surface area contributed by atoms with E-state index in [0.717, 1.165) is 0 Å². The SMILES string of the molecule is CNC(CCC(=O)O)c1cccc(C(F)F)c1. The number of carbonyl (C=O) groups is 1. The van der Waals surface area contributed by atoms with Crippen molar-refractivity contribution in [2.24, 2.45) is 0 Å². The second-order valence-electron chi connectivity index (χ2n) is 3.74. The fourth-order valence-electron chi connectivity index (χ4n) is 1.66. The van der Waals surface area contributed by atoms with Gasteiger partial charge in [0, 0.05) is 18.0 Å². The van der Waals surface area contributed by atoms with Crippen LogP contribution in [0.25, 0.3) is 0 Å². The predicted octanol–water partition coefficient (Wildman–Crippen LogP) is 2.75. The highest BCUT2D eigenvalue weighted by Gasteiger charge is 2.14. The minimum atomic E-state index is -2.51. The molecule has 1 unspecified atom stereocenters. The van der Waals surface area contributed by atoms with Crippen LogP contribution in [0.2, 0.25) is 0 Å². The van der Waals surface area contributed by atoms with E-state index >= 15 is 0 Å². The zero-order chi connectivity index (χ0) is 12.8. The van der Waals surface area contributed by atoms with Gasteiger partial charge in [0.15, 0.2) is 0 Å². The largest absolute Gasteiger partial charge is 0.481 e. The summed E-state index contributed by atoms with van der Waals surface area (Å²) in [5.41, 5.74) is 0.643. The molecule has 0 aliphatic heterocycles. The van der Waals surface area contributed by atoms with Crippen LogP contribution in [0, 0.1) is 0 Å². The Balaban J connectivity index is 2.80. The van der Waals surface area contributed by atoms with E-state index in [0.29, 0.717) is 12.0 Å². The van der Waals surface area contributed by atoms with E-state index in [4.69, 9.17) is 5.11 Å². The molecular weight excluding hydrogens is 228 g/mol. The Bertz CT molecular complexity index is 383. The first-order valence-corrected chi connectivity index (χ1v) is 5.31. The summed E-state index contributed by atoms with van der Waals surface area (Å²) in [6, 6.07) is 5.83. The van der Waals surface area contributed by atoms with E-state index in [1.54, 1.807) is 19.2 Å². The average Bonchev–Trinajstić information content (AvgIpc) is 2.30. The third-order valence-corrected chi connectivity index (χ3v) is 2.56. The Labute approximate surface area is 98.5 Å². The molecule has 0 heterocycles. The van der Waals surface area contributed by atoms with Crippen molar-refractivity contribution in [3.63, 3.8) is 0 Å². The number of alkyl halides is 2. The average molecular weight is 243 g/mol. The number of nitrogens with one attached hydrogen (secondary N) is 1. The van der Waals surface area contributed by atoms with Crippen LogP contribution < -0.4 is 5.32 Å². The van der Waals surface area contributed by atoms with Gasteiger partial charge in [0.05, 0.1) is 0 Å². The van der Waals surface area contributed by atoms with Gasteiger partial charge < -0.3 is 10.4 Å². The zero-order valence-corrected chi connectivity index (χ0v) is 9.49. The molecule has 0 bridgehead atoms. The van der Waals surface area contributed by atoms with Crippen LogP contribution in [0.1, 0.15) is 36.4 Å². The van der Waals surface area contributed by atoms with Gasteiger partial charge in [-0.05, 0) is 25.1 Å². The summed E-state index contributed by atoms with van der Waals surface area (Å²) in [5, 5.41) is 11.5. The highest BCUT2D eigenvalue weighted by Crippen LogP contribution is 2.24.